The lowest BCUT2D eigenvalue weighted by Gasteiger charge is -2.25. The Morgan fingerprint density at radius 3 is 2.59 bits per heavy atom. The Morgan fingerprint density at radius 1 is 0.963 bits per heavy atom. The summed E-state index contributed by atoms with van der Waals surface area (Å²) in [4.78, 5) is 14.0. The minimum Gasteiger partial charge on any atom is -0.324 e. The van der Waals surface area contributed by atoms with Gasteiger partial charge in [-0.3, -0.25) is 4.79 Å². The molecule has 2 aromatic carbocycles. The van der Waals surface area contributed by atoms with Crippen LogP contribution in [-0.4, -0.2) is 10.3 Å². The van der Waals surface area contributed by atoms with E-state index in [4.69, 9.17) is 11.6 Å². The van der Waals surface area contributed by atoms with Crippen LogP contribution in [0.3, 0.4) is 0 Å². The summed E-state index contributed by atoms with van der Waals surface area (Å²) in [7, 11) is 0. The summed E-state index contributed by atoms with van der Waals surface area (Å²) >= 11 is 7.66. The molecule has 4 aromatic rings. The van der Waals surface area contributed by atoms with Crippen LogP contribution < -0.4 is 5.32 Å². The molecule has 2 aromatic heterocycles. The van der Waals surface area contributed by atoms with E-state index in [1.54, 1.807) is 11.8 Å². The second kappa shape index (κ2) is 6.48. The Kier molecular flexibility index (Phi) is 3.96. The van der Waals surface area contributed by atoms with E-state index in [1.165, 1.54) is 0 Å². The molecule has 0 radical (unpaired) electrons. The first-order chi connectivity index (χ1) is 13.2. The minimum absolute atomic E-state index is 0.00207. The highest BCUT2D eigenvalue weighted by Gasteiger charge is 2.32. The van der Waals surface area contributed by atoms with Crippen molar-refractivity contribution in [2.45, 2.75) is 10.1 Å². The maximum absolute atomic E-state index is 13.0. The number of amides is 1. The van der Waals surface area contributed by atoms with Gasteiger partial charge in [-0.2, -0.15) is 0 Å². The molecule has 3 nitrogen and oxygen atoms in total. The van der Waals surface area contributed by atoms with Crippen molar-refractivity contribution in [3.05, 3.63) is 89.7 Å². The zero-order valence-corrected chi connectivity index (χ0v) is 15.8. The highest BCUT2D eigenvalue weighted by molar-refractivity contribution is 8.00. The van der Waals surface area contributed by atoms with E-state index < -0.39 is 0 Å². The van der Waals surface area contributed by atoms with E-state index in [9.17, 15) is 4.79 Å². The van der Waals surface area contributed by atoms with Gasteiger partial charge in [0.05, 0.1) is 11.4 Å². The third-order valence-electron chi connectivity index (χ3n) is 4.75. The topological polar surface area (TPSA) is 33.5 Å². The van der Waals surface area contributed by atoms with Gasteiger partial charge in [-0.05, 0) is 48.0 Å². The van der Waals surface area contributed by atoms with Gasteiger partial charge >= 0.3 is 0 Å². The third kappa shape index (κ3) is 2.82. The van der Waals surface area contributed by atoms with Gasteiger partial charge in [0.25, 0.3) is 0 Å². The highest BCUT2D eigenvalue weighted by Crippen LogP contribution is 2.47. The van der Waals surface area contributed by atoms with Gasteiger partial charge in [-0.15, -0.1) is 11.8 Å². The Balaban J connectivity index is 1.71. The molecule has 0 aliphatic carbocycles. The summed E-state index contributed by atoms with van der Waals surface area (Å²) in [6.45, 7) is 0. The number of para-hydroxylation sites is 1. The van der Waals surface area contributed by atoms with E-state index in [2.05, 4.69) is 21.9 Å². The maximum atomic E-state index is 13.0. The van der Waals surface area contributed by atoms with Crippen molar-refractivity contribution in [2.75, 3.05) is 5.32 Å². The van der Waals surface area contributed by atoms with Crippen LogP contribution >= 0.6 is 23.4 Å². The molecule has 0 fully saturated rings. The van der Waals surface area contributed by atoms with E-state index >= 15 is 0 Å². The van der Waals surface area contributed by atoms with Gasteiger partial charge in [0.15, 0.2) is 0 Å². The molecule has 5 heteroatoms. The van der Waals surface area contributed by atoms with Gasteiger partial charge in [-0.1, -0.05) is 41.9 Å². The number of anilines is 1. The molecule has 0 saturated heterocycles. The first kappa shape index (κ1) is 16.5. The molecule has 132 valence electrons. The molecule has 1 atom stereocenters. The Bertz CT molecular complexity index is 1170. The molecule has 5 rings (SSSR count). The van der Waals surface area contributed by atoms with Crippen LogP contribution in [-0.2, 0) is 4.79 Å². The van der Waals surface area contributed by atoms with Crippen LogP contribution in [0.2, 0.25) is 5.02 Å². The smallest absolute Gasteiger partial charge is 0.243 e. The summed E-state index contributed by atoms with van der Waals surface area (Å²) in [6, 6.07) is 23.9. The Hall–Kier alpha value is -2.69. The molecule has 27 heavy (non-hydrogen) atoms. The molecule has 0 saturated carbocycles. The number of carbonyl (C=O) groups excluding carboxylic acids is 1. The van der Waals surface area contributed by atoms with Crippen LogP contribution in [0.15, 0.2) is 83.9 Å². The van der Waals surface area contributed by atoms with Crippen molar-refractivity contribution < 1.29 is 4.79 Å². The van der Waals surface area contributed by atoms with Crippen molar-refractivity contribution in [1.82, 2.24) is 4.40 Å². The second-order valence-electron chi connectivity index (χ2n) is 6.43. The Labute approximate surface area is 166 Å². The van der Waals surface area contributed by atoms with Gasteiger partial charge in [0.2, 0.25) is 5.91 Å². The Morgan fingerprint density at radius 2 is 1.74 bits per heavy atom. The van der Waals surface area contributed by atoms with Crippen LogP contribution in [0.5, 0.6) is 0 Å². The van der Waals surface area contributed by atoms with Crippen LogP contribution in [0.4, 0.5) is 5.69 Å². The lowest BCUT2D eigenvalue weighted by atomic mass is 10.0. The first-order valence-electron chi connectivity index (χ1n) is 8.63. The standard InChI is InChI=1S/C22H15ClN2OS/c23-15-10-8-14(9-11-15)17-13-16-5-3-4-12-25(16)20(17)21-22(26)24-18-6-1-2-7-19(18)27-21/h1-13,21H,(H,24,26). The molecule has 1 aliphatic heterocycles. The van der Waals surface area contributed by atoms with Crippen LogP contribution in [0.1, 0.15) is 10.9 Å². The number of fused-ring (bicyclic) bond motifs is 2. The zero-order chi connectivity index (χ0) is 18.4. The van der Waals surface area contributed by atoms with E-state index in [0.717, 1.165) is 32.9 Å². The number of nitrogens with one attached hydrogen (secondary N) is 1. The molecule has 1 N–H and O–H groups in total. The van der Waals surface area contributed by atoms with Crippen LogP contribution in [0, 0.1) is 0 Å². The summed E-state index contributed by atoms with van der Waals surface area (Å²) in [5.74, 6) is -0.00207. The van der Waals surface area contributed by atoms with Crippen molar-refractivity contribution in [1.29, 1.82) is 0 Å². The quantitative estimate of drug-likeness (QED) is 0.452. The van der Waals surface area contributed by atoms with Crippen molar-refractivity contribution >= 4 is 40.5 Å². The highest BCUT2D eigenvalue weighted by atomic mass is 35.5. The fourth-order valence-electron chi connectivity index (χ4n) is 3.50. The lowest BCUT2D eigenvalue weighted by Crippen LogP contribution is -2.24. The van der Waals surface area contributed by atoms with Crippen molar-refractivity contribution in [3.63, 3.8) is 0 Å². The molecule has 0 spiro atoms. The fraction of sp³-hybridized carbons (Fsp3) is 0.0455. The normalized spacial score (nSPS) is 16.2. The van der Waals surface area contributed by atoms with Crippen molar-refractivity contribution in [2.24, 2.45) is 0 Å². The van der Waals surface area contributed by atoms with E-state index in [1.807, 2.05) is 66.9 Å². The third-order valence-corrected chi connectivity index (χ3v) is 6.29. The summed E-state index contributed by atoms with van der Waals surface area (Å²) in [5, 5.41) is 3.42. The average molecular weight is 391 g/mol. The minimum atomic E-state index is -0.338. The summed E-state index contributed by atoms with van der Waals surface area (Å²) in [5.41, 5.74) is 5.00. The molecule has 1 aliphatic rings. The number of nitrogens with zero attached hydrogens (tertiary/aromatic N) is 1. The fourth-order valence-corrected chi connectivity index (χ4v) is 4.81. The molecule has 1 unspecified atom stereocenters. The number of hydrogen-bond donors (Lipinski definition) is 1. The number of hydrogen-bond acceptors (Lipinski definition) is 2. The van der Waals surface area contributed by atoms with E-state index in [-0.39, 0.29) is 11.2 Å². The molecule has 1 amide bonds. The van der Waals surface area contributed by atoms with Gasteiger partial charge < -0.3 is 9.72 Å². The van der Waals surface area contributed by atoms with Crippen LogP contribution in [0.25, 0.3) is 16.6 Å². The van der Waals surface area contributed by atoms with Crippen molar-refractivity contribution in [3.8, 4) is 11.1 Å². The number of rotatable bonds is 2. The van der Waals surface area contributed by atoms with Gasteiger partial charge in [0, 0.05) is 27.2 Å². The number of thioether (sulfide) groups is 1. The molecule has 0 bridgehead atoms. The van der Waals surface area contributed by atoms with Gasteiger partial charge in [0.1, 0.15) is 5.25 Å². The second-order valence-corrected chi connectivity index (χ2v) is 8.01. The number of carbonyl (C=O) groups is 1. The number of halogens is 1. The molecular weight excluding hydrogens is 376 g/mol. The average Bonchev–Trinajstić information content (AvgIpc) is 3.07. The maximum Gasteiger partial charge on any atom is 0.243 e. The predicted molar refractivity (Wildman–Crippen MR) is 112 cm³/mol. The predicted octanol–water partition coefficient (Wildman–Crippen LogP) is 6.05. The SMILES string of the molecule is O=C1Nc2ccccc2SC1c1c(-c2ccc(Cl)cc2)cc2ccccn12. The number of pyridine rings is 1. The lowest BCUT2D eigenvalue weighted by molar-refractivity contribution is -0.116. The zero-order valence-electron chi connectivity index (χ0n) is 14.2. The largest absolute Gasteiger partial charge is 0.324 e. The monoisotopic (exact) mass is 390 g/mol. The van der Waals surface area contributed by atoms with Gasteiger partial charge in [-0.25, -0.2) is 0 Å². The molecular formula is C22H15ClN2OS. The summed E-state index contributed by atoms with van der Waals surface area (Å²) < 4.78 is 2.11. The first-order valence-corrected chi connectivity index (χ1v) is 9.89. The number of aromatic nitrogens is 1. The van der Waals surface area contributed by atoms with E-state index in [0.29, 0.717) is 5.02 Å². The summed E-state index contributed by atoms with van der Waals surface area (Å²) in [6.07, 6.45) is 2.01. The number of benzene rings is 2. The molecule has 3 heterocycles.